The molecule has 0 saturated carbocycles. The Kier molecular flexibility index (Phi) is 5.59. The molecule has 0 bridgehead atoms. The van der Waals surface area contributed by atoms with Crippen molar-refractivity contribution in [1.29, 1.82) is 0 Å². The van der Waals surface area contributed by atoms with Crippen LogP contribution in [0.5, 0.6) is 0 Å². The molecule has 0 aliphatic carbocycles. The van der Waals surface area contributed by atoms with E-state index in [1.807, 2.05) is 24.3 Å². The molecule has 1 fully saturated rings. The Hall–Kier alpha value is -2.69. The van der Waals surface area contributed by atoms with Crippen LogP contribution in [-0.4, -0.2) is 59.8 Å². The van der Waals surface area contributed by atoms with Gasteiger partial charge in [0.2, 0.25) is 0 Å². The Balaban J connectivity index is 1.73. The molecule has 27 heavy (non-hydrogen) atoms. The Bertz CT molecular complexity index is 946. The summed E-state index contributed by atoms with van der Waals surface area (Å²) in [4.78, 5) is 13.3. The molecule has 1 saturated heterocycles. The number of hydrogen-bond donors (Lipinski definition) is 2. The number of nitrogens with zero attached hydrogens (tertiary/aromatic N) is 4. The maximum atomic E-state index is 12.7. The van der Waals surface area contributed by atoms with Crippen molar-refractivity contribution >= 4 is 27.7 Å². The number of amides is 1. The number of sulfonamides is 1. The van der Waals surface area contributed by atoms with Crippen LogP contribution in [0.4, 0.5) is 5.69 Å². The molecule has 0 atom stereocenters. The largest absolute Gasteiger partial charge is 0.368 e. The smallest absolute Gasteiger partial charge is 0.267 e. The summed E-state index contributed by atoms with van der Waals surface area (Å²) in [7, 11) is -1.92. The van der Waals surface area contributed by atoms with Crippen molar-refractivity contribution in [2.45, 2.75) is 5.03 Å². The predicted octanol–water partition coefficient (Wildman–Crippen LogP) is 0.450. The summed E-state index contributed by atoms with van der Waals surface area (Å²) in [6.07, 6.45) is 4.45. The first-order chi connectivity index (χ1) is 12.9. The van der Waals surface area contributed by atoms with Gasteiger partial charge in [0.1, 0.15) is 0 Å². The van der Waals surface area contributed by atoms with Gasteiger partial charge in [-0.25, -0.2) is 13.9 Å². The SMILES string of the molecule is Cn1ccc(S(=O)(=O)N2CCN(c3ccccc3/C=C/C(=O)NO)CC2)n1. The molecule has 1 aromatic heterocycles. The molecule has 1 aliphatic rings. The van der Waals surface area contributed by atoms with Crippen LogP contribution < -0.4 is 10.4 Å². The van der Waals surface area contributed by atoms with Crippen LogP contribution in [0.2, 0.25) is 0 Å². The van der Waals surface area contributed by atoms with Gasteiger partial charge in [0.15, 0.2) is 5.03 Å². The van der Waals surface area contributed by atoms with Crippen molar-refractivity contribution in [3.63, 3.8) is 0 Å². The fourth-order valence-electron chi connectivity index (χ4n) is 2.95. The normalized spacial score (nSPS) is 16.0. The monoisotopic (exact) mass is 391 g/mol. The van der Waals surface area contributed by atoms with Crippen molar-refractivity contribution in [2.24, 2.45) is 7.05 Å². The number of hydrogen-bond acceptors (Lipinski definition) is 6. The zero-order chi connectivity index (χ0) is 19.4. The topological polar surface area (TPSA) is 108 Å². The van der Waals surface area contributed by atoms with Crippen LogP contribution in [0.15, 0.2) is 47.6 Å². The van der Waals surface area contributed by atoms with Crippen LogP contribution in [-0.2, 0) is 21.9 Å². The van der Waals surface area contributed by atoms with Crippen LogP contribution in [0.1, 0.15) is 5.56 Å². The molecule has 2 heterocycles. The van der Waals surface area contributed by atoms with E-state index in [0.717, 1.165) is 11.3 Å². The van der Waals surface area contributed by atoms with Crippen molar-refractivity contribution in [3.8, 4) is 0 Å². The second kappa shape index (κ2) is 7.91. The fourth-order valence-corrected chi connectivity index (χ4v) is 4.33. The lowest BCUT2D eigenvalue weighted by atomic mass is 10.1. The quantitative estimate of drug-likeness (QED) is 0.435. The summed E-state index contributed by atoms with van der Waals surface area (Å²) in [6, 6.07) is 9.00. The van der Waals surface area contributed by atoms with Gasteiger partial charge < -0.3 is 4.90 Å². The lowest BCUT2D eigenvalue weighted by Gasteiger charge is -2.35. The van der Waals surface area contributed by atoms with Gasteiger partial charge in [-0.15, -0.1) is 0 Å². The number of para-hydroxylation sites is 1. The maximum absolute atomic E-state index is 12.7. The number of carbonyl (C=O) groups is 1. The van der Waals surface area contributed by atoms with E-state index in [4.69, 9.17) is 5.21 Å². The van der Waals surface area contributed by atoms with E-state index >= 15 is 0 Å². The maximum Gasteiger partial charge on any atom is 0.267 e. The highest BCUT2D eigenvalue weighted by molar-refractivity contribution is 7.89. The number of anilines is 1. The zero-order valence-electron chi connectivity index (χ0n) is 14.8. The Morgan fingerprint density at radius 1 is 1.19 bits per heavy atom. The van der Waals surface area contributed by atoms with Crippen LogP contribution in [0.25, 0.3) is 6.08 Å². The number of hydroxylamine groups is 1. The van der Waals surface area contributed by atoms with Crippen molar-refractivity contribution in [2.75, 3.05) is 31.1 Å². The van der Waals surface area contributed by atoms with E-state index in [0.29, 0.717) is 26.2 Å². The number of carbonyl (C=O) groups excluding carboxylic acids is 1. The highest BCUT2D eigenvalue weighted by Gasteiger charge is 2.30. The minimum Gasteiger partial charge on any atom is -0.368 e. The number of aryl methyl sites for hydroxylation is 1. The number of rotatable bonds is 5. The lowest BCUT2D eigenvalue weighted by molar-refractivity contribution is -0.124. The second-order valence-corrected chi connectivity index (χ2v) is 7.97. The van der Waals surface area contributed by atoms with Gasteiger partial charge in [-0.05, 0) is 23.8 Å². The summed E-state index contributed by atoms with van der Waals surface area (Å²) in [5, 5.41) is 12.7. The van der Waals surface area contributed by atoms with E-state index in [2.05, 4.69) is 10.00 Å². The molecule has 0 unspecified atom stereocenters. The van der Waals surface area contributed by atoms with Crippen LogP contribution in [0, 0.1) is 0 Å². The van der Waals surface area contributed by atoms with Crippen LogP contribution >= 0.6 is 0 Å². The Morgan fingerprint density at radius 3 is 2.52 bits per heavy atom. The van der Waals surface area contributed by atoms with Gasteiger partial charge in [-0.1, -0.05) is 18.2 Å². The predicted molar refractivity (Wildman–Crippen MR) is 99.6 cm³/mol. The molecule has 0 spiro atoms. The number of aromatic nitrogens is 2. The van der Waals surface area contributed by atoms with Gasteiger partial charge in [0.25, 0.3) is 15.9 Å². The third-order valence-corrected chi connectivity index (χ3v) is 6.13. The van der Waals surface area contributed by atoms with Gasteiger partial charge in [-0.3, -0.25) is 14.7 Å². The number of nitrogens with one attached hydrogen (secondary N) is 1. The third kappa shape index (κ3) is 4.18. The molecule has 1 aliphatic heterocycles. The number of piperazine rings is 1. The van der Waals surface area contributed by atoms with Gasteiger partial charge in [0.05, 0.1) is 0 Å². The molecule has 0 radical (unpaired) electrons. The minimum absolute atomic E-state index is 0.0526. The third-order valence-electron chi connectivity index (χ3n) is 4.33. The highest BCUT2D eigenvalue weighted by atomic mass is 32.2. The van der Waals surface area contributed by atoms with Crippen LogP contribution in [0.3, 0.4) is 0 Å². The average Bonchev–Trinajstić information content (AvgIpc) is 3.13. The molecule has 1 amide bonds. The number of benzene rings is 1. The minimum atomic E-state index is -3.60. The standard InChI is InChI=1S/C17H21N5O4S/c1-20-9-8-17(18-20)27(25,26)22-12-10-21(11-13-22)15-5-3-2-4-14(15)6-7-16(23)19-24/h2-9,24H,10-13H2,1H3,(H,19,23)/b7-6+. The second-order valence-electron chi connectivity index (χ2n) is 6.09. The molecule has 10 heteroatoms. The molecule has 3 rings (SSSR count). The first kappa shape index (κ1) is 19.1. The summed E-state index contributed by atoms with van der Waals surface area (Å²) in [5.41, 5.74) is 3.26. The van der Waals surface area contributed by atoms with Gasteiger partial charge in [-0.2, -0.15) is 9.40 Å². The van der Waals surface area contributed by atoms with Gasteiger partial charge in [0, 0.05) is 51.2 Å². The van der Waals surface area contributed by atoms with Crippen molar-refractivity contribution in [1.82, 2.24) is 19.6 Å². The molecular formula is C17H21N5O4S. The molecule has 144 valence electrons. The molecular weight excluding hydrogens is 370 g/mol. The fraction of sp³-hybridized carbons (Fsp3) is 0.294. The van der Waals surface area contributed by atoms with E-state index in [1.165, 1.54) is 21.1 Å². The van der Waals surface area contributed by atoms with Crippen molar-refractivity contribution in [3.05, 3.63) is 48.2 Å². The highest BCUT2D eigenvalue weighted by Crippen LogP contribution is 2.24. The average molecular weight is 391 g/mol. The lowest BCUT2D eigenvalue weighted by Crippen LogP contribution is -2.49. The summed E-state index contributed by atoms with van der Waals surface area (Å²) in [6.45, 7) is 1.72. The summed E-state index contributed by atoms with van der Waals surface area (Å²) >= 11 is 0. The molecule has 1 aromatic carbocycles. The van der Waals surface area contributed by atoms with Gasteiger partial charge >= 0.3 is 0 Å². The first-order valence-electron chi connectivity index (χ1n) is 8.38. The zero-order valence-corrected chi connectivity index (χ0v) is 15.6. The van der Waals surface area contributed by atoms with E-state index in [9.17, 15) is 13.2 Å². The Morgan fingerprint density at radius 2 is 1.89 bits per heavy atom. The van der Waals surface area contributed by atoms with Crippen molar-refractivity contribution < 1.29 is 18.4 Å². The molecule has 9 nitrogen and oxygen atoms in total. The summed E-state index contributed by atoms with van der Waals surface area (Å²) < 4.78 is 28.2. The first-order valence-corrected chi connectivity index (χ1v) is 9.82. The Labute approximate surface area is 157 Å². The molecule has 2 aromatic rings. The van der Waals surface area contributed by atoms with E-state index in [1.54, 1.807) is 24.8 Å². The van der Waals surface area contributed by atoms with E-state index < -0.39 is 15.9 Å². The van der Waals surface area contributed by atoms with E-state index in [-0.39, 0.29) is 5.03 Å². The molecule has 2 N–H and O–H groups in total. The summed E-state index contributed by atoms with van der Waals surface area (Å²) in [5.74, 6) is -0.615.